The molecular formula is C125H103Br5O14S. The number of rotatable bonds is 20. The number of hydrogen-bond donors (Lipinski definition) is 5. The minimum absolute atomic E-state index is 0.00698. The van der Waals surface area contributed by atoms with Crippen molar-refractivity contribution in [2.75, 3.05) is 0 Å². The molecule has 5 N–H and O–H groups in total. The van der Waals surface area contributed by atoms with Crippen LogP contribution in [0.5, 0.6) is 28.7 Å². The second-order valence-electron chi connectivity index (χ2n) is 36.6. The van der Waals surface area contributed by atoms with Crippen LogP contribution in [0.2, 0.25) is 0 Å². The van der Waals surface area contributed by atoms with Crippen molar-refractivity contribution in [3.63, 3.8) is 0 Å². The van der Waals surface area contributed by atoms with Crippen LogP contribution in [0.1, 0.15) is 171 Å². The molecule has 1 aliphatic rings. The number of halogens is 5. The van der Waals surface area contributed by atoms with E-state index >= 15 is 0 Å². The average molecular weight is 2260 g/mol. The van der Waals surface area contributed by atoms with E-state index in [1.54, 1.807) is 60.7 Å². The highest BCUT2D eigenvalue weighted by Crippen LogP contribution is 2.48. The Kier molecular flexibility index (Phi) is 33.2. The maximum absolute atomic E-state index is 13.1. The Balaban J connectivity index is 0.000000124. The fourth-order valence-electron chi connectivity index (χ4n) is 19.4. The number of unbranched alkanes of at least 4 members (excludes halogenated alkanes) is 1. The van der Waals surface area contributed by atoms with Crippen LogP contribution in [0.3, 0.4) is 0 Å². The first-order chi connectivity index (χ1) is 70.2. The van der Waals surface area contributed by atoms with Gasteiger partial charge in [0, 0.05) is 62.0 Å². The van der Waals surface area contributed by atoms with Crippen LogP contribution >= 0.6 is 91.0 Å². The summed E-state index contributed by atoms with van der Waals surface area (Å²) in [5.41, 5.74) is 17.7. The van der Waals surface area contributed by atoms with Crippen LogP contribution < -0.4 is 27.2 Å². The minimum Gasteiger partial charge on any atom is -0.507 e. The van der Waals surface area contributed by atoms with Crippen molar-refractivity contribution in [1.82, 2.24) is 0 Å². The first-order valence-electron chi connectivity index (χ1n) is 48.3. The van der Waals surface area contributed by atoms with E-state index in [-0.39, 0.29) is 74.6 Å². The summed E-state index contributed by atoms with van der Waals surface area (Å²) < 4.78 is 28.0. The van der Waals surface area contributed by atoms with E-state index in [9.17, 15) is 49.5 Å². The summed E-state index contributed by atoms with van der Waals surface area (Å²) in [6, 6.07) is 118. The van der Waals surface area contributed by atoms with E-state index in [2.05, 4.69) is 184 Å². The van der Waals surface area contributed by atoms with Crippen molar-refractivity contribution in [3.05, 3.63) is 493 Å². The van der Waals surface area contributed by atoms with Crippen molar-refractivity contribution in [1.29, 1.82) is 0 Å². The lowest BCUT2D eigenvalue weighted by Gasteiger charge is -2.31. The maximum Gasteiger partial charge on any atom is 0.343 e. The minimum atomic E-state index is -0.504. The number of fused-ring (bicyclic) bond motifs is 5. The molecule has 21 rings (SSSR count). The Morgan fingerprint density at radius 1 is 0.290 bits per heavy atom. The zero-order chi connectivity index (χ0) is 102. The molecule has 20 aromatic rings. The van der Waals surface area contributed by atoms with Gasteiger partial charge in [-0.05, 0) is 236 Å². The van der Waals surface area contributed by atoms with Gasteiger partial charge in [-0.25, -0.2) is 19.2 Å². The molecule has 0 aliphatic heterocycles. The monoisotopic (exact) mass is 2250 g/mol. The molecular weight excluding hydrogens is 2160 g/mol. The first-order valence-corrected chi connectivity index (χ1v) is 53.1. The number of aromatic hydroxyl groups is 5. The summed E-state index contributed by atoms with van der Waals surface area (Å²) in [5.74, 6) is -0.556. The molecule has 5 atom stereocenters. The molecule has 728 valence electrons. The Bertz CT molecular complexity index is 8100. The van der Waals surface area contributed by atoms with E-state index in [1.165, 1.54) is 17.8 Å². The Morgan fingerprint density at radius 2 is 0.559 bits per heavy atom. The second kappa shape index (κ2) is 46.9. The lowest BCUT2D eigenvalue weighted by atomic mass is 9.73. The van der Waals surface area contributed by atoms with Crippen LogP contribution in [0, 0.1) is 11.8 Å². The SMILES string of the molecule is CC(C)C(c1ccc(-c2ccc(Br)cc2)cc1)c1c(O)c2ccccc2oc1=O.CC(c1ccc(-c2ccc(Br)cc2)cc1)c1c(O)c2ccccc2oc1=O.CC(c1ccc(-c2ccc(Br)cc2)cc1)c1c(O)c2ccccc2sc1=O.CCCCC(c1ccc(-c2ccc(Br)cc2)cc1)c1c(O)c2ccccc2oc1=O.O=c1oc2ccccc2c(O)c1C(c1ccc(-c2ccc(Br)cc2)cc1)C1CCCCC1. The molecule has 15 aromatic carbocycles. The molecule has 5 heterocycles. The van der Waals surface area contributed by atoms with Gasteiger partial charge in [-0.15, -0.1) is 0 Å². The predicted octanol–water partition coefficient (Wildman–Crippen LogP) is 34.2. The third kappa shape index (κ3) is 23.6. The van der Waals surface area contributed by atoms with Gasteiger partial charge in [-0.1, -0.05) is 400 Å². The van der Waals surface area contributed by atoms with Gasteiger partial charge in [0.05, 0.1) is 49.4 Å². The summed E-state index contributed by atoms with van der Waals surface area (Å²) in [7, 11) is 0. The summed E-state index contributed by atoms with van der Waals surface area (Å²) >= 11 is 18.5. The van der Waals surface area contributed by atoms with Gasteiger partial charge in [0.1, 0.15) is 51.1 Å². The number of benzene rings is 15. The molecule has 1 saturated carbocycles. The van der Waals surface area contributed by atoms with Crippen LogP contribution in [0.4, 0.5) is 0 Å². The Labute approximate surface area is 885 Å². The average Bonchev–Trinajstić information content (AvgIpc) is 0.765. The summed E-state index contributed by atoms with van der Waals surface area (Å²) in [6.45, 7) is 10.1. The van der Waals surface area contributed by atoms with Crippen LogP contribution in [0.25, 0.3) is 110 Å². The molecule has 5 unspecified atom stereocenters. The largest absolute Gasteiger partial charge is 0.507 e. The number of para-hydroxylation sites is 4. The Hall–Kier alpha value is -13.8. The molecule has 1 aliphatic carbocycles. The van der Waals surface area contributed by atoms with Gasteiger partial charge in [0.25, 0.3) is 0 Å². The van der Waals surface area contributed by atoms with Gasteiger partial charge < -0.3 is 43.2 Å². The predicted molar refractivity (Wildman–Crippen MR) is 606 cm³/mol. The van der Waals surface area contributed by atoms with E-state index in [4.69, 9.17) is 17.7 Å². The van der Waals surface area contributed by atoms with Crippen LogP contribution in [-0.2, 0) is 0 Å². The molecule has 145 heavy (non-hydrogen) atoms. The third-order valence-corrected chi connectivity index (χ3v) is 30.8. The van der Waals surface area contributed by atoms with Crippen LogP contribution in [0.15, 0.2) is 428 Å². The first kappa shape index (κ1) is 103. The van der Waals surface area contributed by atoms with Gasteiger partial charge >= 0.3 is 22.5 Å². The normalized spacial score (nSPS) is 13.0. The lowest BCUT2D eigenvalue weighted by molar-refractivity contribution is 0.317. The zero-order valence-corrected chi connectivity index (χ0v) is 88.8. The van der Waals surface area contributed by atoms with Gasteiger partial charge in [0.15, 0.2) is 0 Å². The Morgan fingerprint density at radius 3 is 0.917 bits per heavy atom. The standard InChI is InChI=1S/C28H25BrO3.C26H23BrO3.C25H21BrO3.C23H17BrO3.C23H17BrO2S/c29-22-16-14-19(15-17-22)18-10-12-21(13-11-18)25(20-6-2-1-3-7-20)26-27(30)23-8-4-5-9-24(23)32-28(26)31;1-2-3-6-21(24-25(28)22-7-4-5-8-23(22)30-26(24)29)19-11-9-17(10-12-19)18-13-15-20(27)16-14-18;1-15(2)22(23-24(27)20-5-3-4-6-21(20)29-25(23)28)18-9-7-16(8-10-18)17-11-13-19(26)14-12-17;2*1-14(21-22(25)19-4-2-3-5-20(19)27-23(21)26)15-6-8-16(9-7-15)17-10-12-18(24)13-11-17/h4-5,8-17,20,25,30H,1-3,6-7H2;4-5,7-16,21,28H,2-3,6H2,1H3;3-15,22,27H,1-2H3;2*2-14,25H,1H3. The van der Waals surface area contributed by atoms with Crippen molar-refractivity contribution < 1.29 is 43.2 Å². The smallest absolute Gasteiger partial charge is 0.343 e. The molecule has 0 radical (unpaired) electrons. The maximum atomic E-state index is 13.1. The zero-order valence-electron chi connectivity index (χ0n) is 80.0. The van der Waals surface area contributed by atoms with Crippen molar-refractivity contribution in [2.24, 2.45) is 11.8 Å². The highest BCUT2D eigenvalue weighted by Gasteiger charge is 2.34. The van der Waals surface area contributed by atoms with E-state index in [1.807, 2.05) is 234 Å². The van der Waals surface area contributed by atoms with Crippen LogP contribution in [-0.4, -0.2) is 25.5 Å². The van der Waals surface area contributed by atoms with E-state index in [0.717, 1.165) is 161 Å². The summed E-state index contributed by atoms with van der Waals surface area (Å²) in [6.07, 6.45) is 8.35. The van der Waals surface area contributed by atoms with E-state index in [0.29, 0.717) is 72.0 Å². The molecule has 0 spiro atoms. The molecule has 0 bridgehead atoms. The third-order valence-electron chi connectivity index (χ3n) is 27.1. The summed E-state index contributed by atoms with van der Waals surface area (Å²) in [5, 5.41) is 57.4. The molecule has 1 fully saturated rings. The van der Waals surface area contributed by atoms with Gasteiger partial charge in [-0.3, -0.25) is 4.79 Å². The fourth-order valence-corrected chi connectivity index (χ4v) is 21.7. The van der Waals surface area contributed by atoms with Crippen molar-refractivity contribution >= 4 is 145 Å². The topological polar surface area (TPSA) is 239 Å². The molecule has 14 nitrogen and oxygen atoms in total. The van der Waals surface area contributed by atoms with Gasteiger partial charge in [-0.2, -0.15) is 0 Å². The molecule has 20 heteroatoms. The van der Waals surface area contributed by atoms with Gasteiger partial charge in [0.2, 0.25) is 4.74 Å². The fraction of sp³-hybridized carbons (Fsp3) is 0.160. The molecule has 0 amide bonds. The quantitative estimate of drug-likeness (QED) is 0.0446. The number of hydrogen-bond acceptors (Lipinski definition) is 15. The second-order valence-corrected chi connectivity index (χ2v) is 42.2. The highest BCUT2D eigenvalue weighted by molar-refractivity contribution is 9.11. The van der Waals surface area contributed by atoms with Crippen molar-refractivity contribution in [2.45, 2.75) is 116 Å². The molecule has 5 aromatic heterocycles. The lowest BCUT2D eigenvalue weighted by Crippen LogP contribution is -2.23. The molecule has 0 saturated heterocycles. The van der Waals surface area contributed by atoms with E-state index < -0.39 is 22.5 Å². The highest BCUT2D eigenvalue weighted by atomic mass is 79.9. The summed E-state index contributed by atoms with van der Waals surface area (Å²) in [4.78, 5) is 63.8. The van der Waals surface area contributed by atoms with Crippen molar-refractivity contribution in [3.8, 4) is 84.4 Å².